The number of nitrogens with one attached hydrogen (secondary N) is 1. The largest absolute Gasteiger partial charge is 0.395 e. The average Bonchev–Trinajstić information content (AvgIpc) is 2.27. The van der Waals surface area contributed by atoms with Crippen LogP contribution in [0, 0.1) is 0 Å². The lowest BCUT2D eigenvalue weighted by molar-refractivity contribution is 0.112. The van der Waals surface area contributed by atoms with Crippen LogP contribution in [0.1, 0.15) is 6.42 Å². The van der Waals surface area contributed by atoms with E-state index in [0.717, 1.165) is 45.7 Å². The minimum atomic E-state index is -0.451. The zero-order valence-electron chi connectivity index (χ0n) is 9.69. The Morgan fingerprint density at radius 3 is 2.25 bits per heavy atom. The number of aliphatic hydroxyl groups is 1. The second-order valence-electron chi connectivity index (χ2n) is 4.05. The van der Waals surface area contributed by atoms with Crippen molar-refractivity contribution in [3.05, 3.63) is 0 Å². The van der Waals surface area contributed by atoms with Gasteiger partial charge in [0.05, 0.1) is 6.61 Å². The molecule has 6 nitrogen and oxygen atoms in total. The molecule has 0 aromatic rings. The fraction of sp³-hybridized carbons (Fsp3) is 0.900. The number of hydrogen-bond donors (Lipinski definition) is 3. The molecule has 1 fully saturated rings. The van der Waals surface area contributed by atoms with E-state index < -0.39 is 6.03 Å². The molecule has 0 aliphatic carbocycles. The van der Waals surface area contributed by atoms with Crippen molar-refractivity contribution in [3.8, 4) is 0 Å². The van der Waals surface area contributed by atoms with Gasteiger partial charge in [0, 0.05) is 39.3 Å². The Morgan fingerprint density at radius 1 is 1.19 bits per heavy atom. The van der Waals surface area contributed by atoms with Crippen LogP contribution in [0.2, 0.25) is 0 Å². The maximum atomic E-state index is 10.4. The molecule has 1 rings (SSSR count). The van der Waals surface area contributed by atoms with Gasteiger partial charge in [0.25, 0.3) is 0 Å². The number of piperazine rings is 1. The SMILES string of the molecule is NC(=O)NCCCN1CCN(CCO)CC1. The van der Waals surface area contributed by atoms with E-state index in [0.29, 0.717) is 6.54 Å². The van der Waals surface area contributed by atoms with E-state index in [9.17, 15) is 4.79 Å². The summed E-state index contributed by atoms with van der Waals surface area (Å²) in [7, 11) is 0. The summed E-state index contributed by atoms with van der Waals surface area (Å²) >= 11 is 0. The van der Waals surface area contributed by atoms with Crippen molar-refractivity contribution in [1.82, 2.24) is 15.1 Å². The molecule has 0 aromatic heterocycles. The molecule has 0 spiro atoms. The highest BCUT2D eigenvalue weighted by molar-refractivity contribution is 5.71. The molecule has 94 valence electrons. The van der Waals surface area contributed by atoms with Gasteiger partial charge in [-0.15, -0.1) is 0 Å². The number of urea groups is 1. The minimum Gasteiger partial charge on any atom is -0.395 e. The summed E-state index contributed by atoms with van der Waals surface area (Å²) in [6.45, 7) is 6.76. The third-order valence-corrected chi connectivity index (χ3v) is 2.83. The molecule has 6 heteroatoms. The van der Waals surface area contributed by atoms with Gasteiger partial charge in [-0.05, 0) is 13.0 Å². The molecule has 0 atom stereocenters. The summed E-state index contributed by atoms with van der Waals surface area (Å²) in [4.78, 5) is 15.1. The van der Waals surface area contributed by atoms with Crippen molar-refractivity contribution in [2.75, 3.05) is 52.4 Å². The van der Waals surface area contributed by atoms with Crippen LogP contribution in [0.5, 0.6) is 0 Å². The first-order valence-electron chi connectivity index (χ1n) is 5.81. The van der Waals surface area contributed by atoms with E-state index >= 15 is 0 Å². The zero-order valence-corrected chi connectivity index (χ0v) is 9.69. The molecule has 0 saturated carbocycles. The highest BCUT2D eigenvalue weighted by atomic mass is 16.3. The van der Waals surface area contributed by atoms with E-state index in [1.807, 2.05) is 0 Å². The molecule has 1 aliphatic rings. The fourth-order valence-electron chi connectivity index (χ4n) is 1.89. The van der Waals surface area contributed by atoms with Crippen molar-refractivity contribution < 1.29 is 9.90 Å². The third-order valence-electron chi connectivity index (χ3n) is 2.83. The Balaban J connectivity index is 2.01. The molecule has 0 unspecified atom stereocenters. The molecule has 0 radical (unpaired) electrons. The van der Waals surface area contributed by atoms with Crippen LogP contribution in [-0.2, 0) is 0 Å². The van der Waals surface area contributed by atoms with Crippen LogP contribution in [-0.4, -0.2) is 73.4 Å². The van der Waals surface area contributed by atoms with Gasteiger partial charge in [-0.2, -0.15) is 0 Å². The van der Waals surface area contributed by atoms with E-state index in [1.54, 1.807) is 0 Å². The predicted octanol–water partition coefficient (Wildman–Crippen LogP) is -1.35. The van der Waals surface area contributed by atoms with E-state index in [4.69, 9.17) is 10.8 Å². The molecule has 0 aromatic carbocycles. The average molecular weight is 230 g/mol. The topological polar surface area (TPSA) is 81.8 Å². The Hall–Kier alpha value is -0.850. The quantitative estimate of drug-likeness (QED) is 0.493. The van der Waals surface area contributed by atoms with Gasteiger partial charge in [-0.25, -0.2) is 4.79 Å². The van der Waals surface area contributed by atoms with E-state index in [-0.39, 0.29) is 6.61 Å². The van der Waals surface area contributed by atoms with E-state index in [1.165, 1.54) is 0 Å². The Kier molecular flexibility index (Phi) is 6.14. The maximum Gasteiger partial charge on any atom is 0.312 e. The summed E-state index contributed by atoms with van der Waals surface area (Å²) in [6, 6.07) is -0.451. The van der Waals surface area contributed by atoms with Crippen LogP contribution < -0.4 is 11.1 Å². The normalized spacial score (nSPS) is 18.6. The molecular weight excluding hydrogens is 208 g/mol. The van der Waals surface area contributed by atoms with Gasteiger partial charge in [-0.3, -0.25) is 4.90 Å². The summed E-state index contributed by atoms with van der Waals surface area (Å²) in [6.07, 6.45) is 0.933. The van der Waals surface area contributed by atoms with Gasteiger partial charge in [0.1, 0.15) is 0 Å². The Bertz CT molecular complexity index is 205. The second kappa shape index (κ2) is 7.43. The van der Waals surface area contributed by atoms with Gasteiger partial charge in [0.2, 0.25) is 0 Å². The lowest BCUT2D eigenvalue weighted by atomic mass is 10.3. The first-order valence-corrected chi connectivity index (χ1v) is 5.81. The monoisotopic (exact) mass is 230 g/mol. The number of aliphatic hydroxyl groups excluding tert-OH is 1. The van der Waals surface area contributed by atoms with E-state index in [2.05, 4.69) is 15.1 Å². The number of carbonyl (C=O) groups is 1. The van der Waals surface area contributed by atoms with Gasteiger partial charge < -0.3 is 21.1 Å². The number of amides is 2. The number of rotatable bonds is 6. The number of carbonyl (C=O) groups excluding carboxylic acids is 1. The fourth-order valence-corrected chi connectivity index (χ4v) is 1.89. The molecule has 1 saturated heterocycles. The molecule has 2 amide bonds. The van der Waals surface area contributed by atoms with Crippen LogP contribution in [0.3, 0.4) is 0 Å². The molecule has 1 heterocycles. The van der Waals surface area contributed by atoms with Gasteiger partial charge in [0.15, 0.2) is 0 Å². The summed E-state index contributed by atoms with van der Waals surface area (Å²) in [5.74, 6) is 0. The molecule has 16 heavy (non-hydrogen) atoms. The number of primary amides is 1. The maximum absolute atomic E-state index is 10.4. The molecular formula is C10H22N4O2. The van der Waals surface area contributed by atoms with Crippen LogP contribution in [0.25, 0.3) is 0 Å². The van der Waals surface area contributed by atoms with Crippen molar-refractivity contribution >= 4 is 6.03 Å². The van der Waals surface area contributed by atoms with Gasteiger partial charge >= 0.3 is 6.03 Å². The molecule has 4 N–H and O–H groups in total. The number of nitrogens with zero attached hydrogens (tertiary/aromatic N) is 2. The highest BCUT2D eigenvalue weighted by Crippen LogP contribution is 2.01. The van der Waals surface area contributed by atoms with Crippen LogP contribution in [0.4, 0.5) is 4.79 Å². The number of hydrogen-bond acceptors (Lipinski definition) is 4. The third kappa shape index (κ3) is 5.29. The zero-order chi connectivity index (χ0) is 11.8. The second-order valence-corrected chi connectivity index (χ2v) is 4.05. The smallest absolute Gasteiger partial charge is 0.312 e. The lowest BCUT2D eigenvalue weighted by Gasteiger charge is -2.34. The first kappa shape index (κ1) is 13.2. The van der Waals surface area contributed by atoms with Crippen molar-refractivity contribution in [3.63, 3.8) is 0 Å². The van der Waals surface area contributed by atoms with Crippen molar-refractivity contribution in [1.29, 1.82) is 0 Å². The number of nitrogens with two attached hydrogens (primary N) is 1. The Labute approximate surface area is 96.4 Å². The lowest BCUT2D eigenvalue weighted by Crippen LogP contribution is -2.47. The first-order chi connectivity index (χ1) is 7.72. The highest BCUT2D eigenvalue weighted by Gasteiger charge is 2.15. The van der Waals surface area contributed by atoms with Crippen LogP contribution in [0.15, 0.2) is 0 Å². The van der Waals surface area contributed by atoms with Crippen molar-refractivity contribution in [2.45, 2.75) is 6.42 Å². The molecule has 1 aliphatic heterocycles. The van der Waals surface area contributed by atoms with Crippen molar-refractivity contribution in [2.24, 2.45) is 5.73 Å². The summed E-state index contributed by atoms with van der Waals surface area (Å²) in [5.41, 5.74) is 4.97. The minimum absolute atomic E-state index is 0.239. The number of β-amino-alcohol motifs (C(OH)–C–C–N with tert-alkyl or cyclic N) is 1. The summed E-state index contributed by atoms with van der Waals surface area (Å²) in [5, 5.41) is 11.4. The van der Waals surface area contributed by atoms with Crippen LogP contribution >= 0.6 is 0 Å². The Morgan fingerprint density at radius 2 is 1.75 bits per heavy atom. The van der Waals surface area contributed by atoms with Gasteiger partial charge in [-0.1, -0.05) is 0 Å². The predicted molar refractivity (Wildman–Crippen MR) is 62.2 cm³/mol. The summed E-state index contributed by atoms with van der Waals surface area (Å²) < 4.78 is 0. The standard InChI is InChI=1S/C10H22N4O2/c11-10(16)12-2-1-3-13-4-6-14(7-5-13)8-9-15/h15H,1-9H2,(H3,11,12,16). The molecule has 0 bridgehead atoms.